The van der Waals surface area contributed by atoms with Gasteiger partial charge in [-0.15, -0.1) is 11.3 Å². The van der Waals surface area contributed by atoms with Crippen LogP contribution in [0.3, 0.4) is 0 Å². The van der Waals surface area contributed by atoms with Gasteiger partial charge in [0, 0.05) is 24.0 Å². The third-order valence-corrected chi connectivity index (χ3v) is 4.76. The molecule has 0 unspecified atom stereocenters. The smallest absolute Gasteiger partial charge is 0.228 e. The normalized spacial score (nSPS) is 18.2. The minimum Gasteiger partial charge on any atom is -0.391 e. The lowest BCUT2D eigenvalue weighted by Crippen LogP contribution is -2.30. The second-order valence-corrected chi connectivity index (χ2v) is 6.35. The maximum Gasteiger partial charge on any atom is 0.228 e. The van der Waals surface area contributed by atoms with Gasteiger partial charge in [0.25, 0.3) is 0 Å². The molecule has 1 atom stereocenters. The molecule has 1 aliphatic heterocycles. The number of likely N-dealkylation sites (tertiary alicyclic amines) is 1. The van der Waals surface area contributed by atoms with Gasteiger partial charge in [-0.3, -0.25) is 4.79 Å². The molecule has 0 radical (unpaired) electrons. The summed E-state index contributed by atoms with van der Waals surface area (Å²) >= 11 is 7.64. The lowest BCUT2D eigenvalue weighted by Gasteiger charge is -2.14. The number of hydrogen-bond acceptors (Lipinski definition) is 4. The number of aliphatic hydroxyl groups is 1. The fourth-order valence-corrected chi connectivity index (χ4v) is 3.52. The van der Waals surface area contributed by atoms with Gasteiger partial charge in [0.2, 0.25) is 5.91 Å². The van der Waals surface area contributed by atoms with E-state index in [0.29, 0.717) is 24.5 Å². The summed E-state index contributed by atoms with van der Waals surface area (Å²) in [5.41, 5.74) is 1.64. The van der Waals surface area contributed by atoms with Gasteiger partial charge in [-0.25, -0.2) is 4.98 Å². The highest BCUT2D eigenvalue weighted by atomic mass is 35.5. The highest BCUT2D eigenvalue weighted by Crippen LogP contribution is 2.30. The predicted molar refractivity (Wildman–Crippen MR) is 83.5 cm³/mol. The number of carbonyl (C=O) groups is 1. The van der Waals surface area contributed by atoms with Crippen molar-refractivity contribution in [2.24, 2.45) is 0 Å². The van der Waals surface area contributed by atoms with Crippen molar-refractivity contribution in [3.63, 3.8) is 0 Å². The Bertz CT molecular complexity index is 659. The van der Waals surface area contributed by atoms with Crippen LogP contribution in [0, 0.1) is 0 Å². The zero-order valence-electron chi connectivity index (χ0n) is 11.3. The summed E-state index contributed by atoms with van der Waals surface area (Å²) in [5, 5.41) is 12.9. The molecule has 1 aromatic carbocycles. The van der Waals surface area contributed by atoms with E-state index in [1.807, 2.05) is 29.6 Å². The second-order valence-electron chi connectivity index (χ2n) is 5.08. The van der Waals surface area contributed by atoms with Crippen molar-refractivity contribution in [1.82, 2.24) is 9.88 Å². The van der Waals surface area contributed by atoms with E-state index >= 15 is 0 Å². The van der Waals surface area contributed by atoms with Crippen LogP contribution in [-0.2, 0) is 11.2 Å². The van der Waals surface area contributed by atoms with Gasteiger partial charge < -0.3 is 10.0 Å². The first-order chi connectivity index (χ1) is 10.1. The fraction of sp³-hybridized carbons (Fsp3) is 0.333. The fourth-order valence-electron chi connectivity index (χ4n) is 2.38. The highest BCUT2D eigenvalue weighted by Gasteiger charge is 2.25. The van der Waals surface area contributed by atoms with Gasteiger partial charge in [0.15, 0.2) is 0 Å². The number of nitrogens with zero attached hydrogens (tertiary/aromatic N) is 2. The molecule has 1 fully saturated rings. The molecular weight excluding hydrogens is 308 g/mol. The SMILES string of the molecule is O=C(Cc1csc(-c2ccccc2Cl)n1)N1CC[C@@H](O)C1. The van der Waals surface area contributed by atoms with Crippen molar-refractivity contribution >= 4 is 28.8 Å². The van der Waals surface area contributed by atoms with E-state index in [2.05, 4.69) is 4.98 Å². The summed E-state index contributed by atoms with van der Waals surface area (Å²) in [6, 6.07) is 7.54. The number of aromatic nitrogens is 1. The molecule has 1 saturated heterocycles. The standard InChI is InChI=1S/C15H15ClN2O2S/c16-13-4-2-1-3-12(13)15-17-10(9-21-15)7-14(20)18-6-5-11(19)8-18/h1-4,9,11,19H,5-8H2/t11-/m1/s1. The van der Waals surface area contributed by atoms with E-state index in [1.54, 1.807) is 4.90 Å². The minimum absolute atomic E-state index is 0.0163. The van der Waals surface area contributed by atoms with Crippen molar-refractivity contribution in [1.29, 1.82) is 0 Å². The monoisotopic (exact) mass is 322 g/mol. The van der Waals surface area contributed by atoms with E-state index in [-0.39, 0.29) is 18.4 Å². The summed E-state index contributed by atoms with van der Waals surface area (Å²) in [5.74, 6) is 0.0163. The molecule has 2 heterocycles. The Labute approximate surface area is 132 Å². The van der Waals surface area contributed by atoms with Crippen LogP contribution in [0.5, 0.6) is 0 Å². The molecule has 1 amide bonds. The molecule has 0 spiro atoms. The summed E-state index contributed by atoms with van der Waals surface area (Å²) in [4.78, 5) is 18.3. The number of amides is 1. The lowest BCUT2D eigenvalue weighted by atomic mass is 10.2. The topological polar surface area (TPSA) is 53.4 Å². The number of β-amino-alcohol motifs (C(OH)–C–C–N with tert-alkyl or cyclic N) is 1. The zero-order valence-corrected chi connectivity index (χ0v) is 12.9. The van der Waals surface area contributed by atoms with Crippen molar-refractivity contribution in [2.45, 2.75) is 18.9 Å². The van der Waals surface area contributed by atoms with Gasteiger partial charge in [0.05, 0.1) is 23.2 Å². The predicted octanol–water partition coefficient (Wildman–Crippen LogP) is 2.60. The molecular formula is C15H15ClN2O2S. The zero-order chi connectivity index (χ0) is 14.8. The molecule has 0 saturated carbocycles. The van der Waals surface area contributed by atoms with Crippen molar-refractivity contribution in [2.75, 3.05) is 13.1 Å². The lowest BCUT2D eigenvalue weighted by molar-refractivity contribution is -0.129. The first-order valence-electron chi connectivity index (χ1n) is 6.78. The number of thiazole rings is 1. The van der Waals surface area contributed by atoms with E-state index < -0.39 is 0 Å². The first kappa shape index (κ1) is 14.5. The molecule has 0 bridgehead atoms. The number of rotatable bonds is 3. The van der Waals surface area contributed by atoms with Crippen LogP contribution in [0.2, 0.25) is 5.02 Å². The van der Waals surface area contributed by atoms with E-state index in [9.17, 15) is 9.90 Å². The quantitative estimate of drug-likeness (QED) is 0.945. The molecule has 1 aromatic heterocycles. The third kappa shape index (κ3) is 3.26. The van der Waals surface area contributed by atoms with Gasteiger partial charge >= 0.3 is 0 Å². The maximum absolute atomic E-state index is 12.1. The van der Waals surface area contributed by atoms with E-state index in [0.717, 1.165) is 16.3 Å². The average molecular weight is 323 g/mol. The van der Waals surface area contributed by atoms with Crippen LogP contribution in [0.4, 0.5) is 0 Å². The number of aliphatic hydroxyl groups excluding tert-OH is 1. The largest absolute Gasteiger partial charge is 0.391 e. The Kier molecular flexibility index (Phi) is 4.24. The molecule has 1 aliphatic rings. The molecule has 3 rings (SSSR count). The minimum atomic E-state index is -0.386. The Hall–Kier alpha value is -1.43. The Morgan fingerprint density at radius 2 is 2.29 bits per heavy atom. The molecule has 6 heteroatoms. The maximum atomic E-state index is 12.1. The van der Waals surface area contributed by atoms with Crippen molar-refractivity contribution in [3.05, 3.63) is 40.4 Å². The summed E-state index contributed by atoms with van der Waals surface area (Å²) in [7, 11) is 0. The van der Waals surface area contributed by atoms with Crippen LogP contribution in [0.15, 0.2) is 29.6 Å². The number of hydrogen-bond donors (Lipinski definition) is 1. The molecule has 2 aromatic rings. The molecule has 1 N–H and O–H groups in total. The molecule has 21 heavy (non-hydrogen) atoms. The molecule has 110 valence electrons. The van der Waals surface area contributed by atoms with Crippen LogP contribution >= 0.6 is 22.9 Å². The Morgan fingerprint density at radius 3 is 3.00 bits per heavy atom. The molecule has 4 nitrogen and oxygen atoms in total. The molecule has 0 aliphatic carbocycles. The number of carbonyl (C=O) groups excluding carboxylic acids is 1. The Balaban J connectivity index is 1.71. The van der Waals surface area contributed by atoms with Gasteiger partial charge in [-0.05, 0) is 12.5 Å². The highest BCUT2D eigenvalue weighted by molar-refractivity contribution is 7.13. The van der Waals surface area contributed by atoms with Crippen LogP contribution < -0.4 is 0 Å². The van der Waals surface area contributed by atoms with E-state index in [1.165, 1.54) is 11.3 Å². The summed E-state index contributed by atoms with van der Waals surface area (Å²) in [6.07, 6.45) is 0.546. The number of halogens is 1. The van der Waals surface area contributed by atoms with Crippen molar-refractivity contribution < 1.29 is 9.90 Å². The summed E-state index contributed by atoms with van der Waals surface area (Å²) < 4.78 is 0. The van der Waals surface area contributed by atoms with Gasteiger partial charge in [-0.1, -0.05) is 29.8 Å². The first-order valence-corrected chi connectivity index (χ1v) is 8.04. The Morgan fingerprint density at radius 1 is 1.48 bits per heavy atom. The van der Waals surface area contributed by atoms with E-state index in [4.69, 9.17) is 11.6 Å². The van der Waals surface area contributed by atoms with Crippen LogP contribution in [-0.4, -0.2) is 40.1 Å². The van der Waals surface area contributed by atoms with Crippen LogP contribution in [0.25, 0.3) is 10.6 Å². The number of benzene rings is 1. The third-order valence-electron chi connectivity index (χ3n) is 3.50. The average Bonchev–Trinajstić information content (AvgIpc) is 3.08. The van der Waals surface area contributed by atoms with Crippen LogP contribution in [0.1, 0.15) is 12.1 Å². The van der Waals surface area contributed by atoms with Gasteiger partial charge in [0.1, 0.15) is 5.01 Å². The second kappa shape index (κ2) is 6.13. The van der Waals surface area contributed by atoms with Crippen molar-refractivity contribution in [3.8, 4) is 10.6 Å². The summed E-state index contributed by atoms with van der Waals surface area (Å²) in [6.45, 7) is 1.06. The van der Waals surface area contributed by atoms with Gasteiger partial charge in [-0.2, -0.15) is 0 Å².